The van der Waals surface area contributed by atoms with Gasteiger partial charge in [0.05, 0.1) is 17.8 Å². The van der Waals surface area contributed by atoms with Crippen LogP contribution in [-0.2, 0) is 6.54 Å². The highest BCUT2D eigenvalue weighted by Crippen LogP contribution is 2.23. The van der Waals surface area contributed by atoms with Gasteiger partial charge in [-0.1, -0.05) is 12.1 Å². The van der Waals surface area contributed by atoms with E-state index in [9.17, 15) is 4.39 Å². The Kier molecular flexibility index (Phi) is 5.57. The summed E-state index contributed by atoms with van der Waals surface area (Å²) in [5, 5.41) is 16.3. The van der Waals surface area contributed by atoms with Crippen LogP contribution in [0, 0.1) is 25.6 Å². The summed E-state index contributed by atoms with van der Waals surface area (Å²) in [7, 11) is 0. The minimum absolute atomic E-state index is 0.344. The number of likely N-dealkylation sites (tertiary alicyclic amines) is 1. The second-order valence-electron chi connectivity index (χ2n) is 8.34. The molecular weight excluding hydrogens is 409 g/mol. The molecule has 1 fully saturated rings. The number of nitrogens with zero attached hydrogens (tertiary/aromatic N) is 6. The fraction of sp³-hybridized carbons (Fsp3) is 0.391. The zero-order chi connectivity index (χ0) is 22.1. The highest BCUT2D eigenvalue weighted by atomic mass is 19.1. The van der Waals surface area contributed by atoms with Crippen molar-refractivity contribution in [1.82, 2.24) is 29.7 Å². The molecule has 0 aliphatic carbocycles. The van der Waals surface area contributed by atoms with E-state index in [4.69, 9.17) is 4.42 Å². The number of halogens is 1. The first-order valence-corrected chi connectivity index (χ1v) is 10.9. The Bertz CT molecular complexity index is 1210. The van der Waals surface area contributed by atoms with Gasteiger partial charge in [-0.15, -0.1) is 15.3 Å². The van der Waals surface area contributed by atoms with Crippen molar-refractivity contribution in [3.8, 4) is 11.4 Å². The molecule has 1 aliphatic rings. The fourth-order valence-electron chi connectivity index (χ4n) is 4.09. The number of rotatable bonds is 6. The maximum absolute atomic E-state index is 14.2. The molecule has 0 unspecified atom stereocenters. The van der Waals surface area contributed by atoms with Crippen molar-refractivity contribution in [3.63, 3.8) is 0 Å². The Morgan fingerprint density at radius 1 is 1.09 bits per heavy atom. The minimum atomic E-state index is -0.344. The molecule has 1 saturated heterocycles. The molecule has 0 atom stereocenters. The lowest BCUT2D eigenvalue weighted by molar-refractivity contribution is 0.167. The first-order chi connectivity index (χ1) is 15.6. The van der Waals surface area contributed by atoms with Crippen molar-refractivity contribution < 1.29 is 8.81 Å². The molecule has 5 rings (SSSR count). The lowest BCUT2D eigenvalue weighted by Gasteiger charge is -2.31. The second kappa shape index (κ2) is 8.66. The number of piperidine rings is 1. The number of nitrogens with one attached hydrogen (secondary N) is 1. The van der Waals surface area contributed by atoms with E-state index in [1.165, 1.54) is 6.07 Å². The van der Waals surface area contributed by atoms with Gasteiger partial charge in [0.25, 0.3) is 0 Å². The van der Waals surface area contributed by atoms with Crippen LogP contribution in [0.1, 0.15) is 30.2 Å². The molecule has 32 heavy (non-hydrogen) atoms. The van der Waals surface area contributed by atoms with Crippen LogP contribution in [-0.4, -0.2) is 49.3 Å². The third-order valence-electron chi connectivity index (χ3n) is 6.09. The van der Waals surface area contributed by atoms with E-state index in [0.29, 0.717) is 23.0 Å². The van der Waals surface area contributed by atoms with Gasteiger partial charge in [-0.2, -0.15) is 4.52 Å². The van der Waals surface area contributed by atoms with Gasteiger partial charge in [-0.25, -0.2) is 9.37 Å². The fourth-order valence-corrected chi connectivity index (χ4v) is 4.09. The summed E-state index contributed by atoms with van der Waals surface area (Å²) in [6.45, 7) is 7.56. The van der Waals surface area contributed by atoms with Gasteiger partial charge in [0.1, 0.15) is 17.4 Å². The molecule has 166 valence electrons. The number of anilines is 1. The molecule has 1 aromatic carbocycles. The first-order valence-electron chi connectivity index (χ1n) is 10.9. The minimum Gasteiger partial charge on any atom is -0.444 e. The van der Waals surface area contributed by atoms with Gasteiger partial charge < -0.3 is 9.73 Å². The molecule has 0 radical (unpaired) electrons. The lowest BCUT2D eigenvalue weighted by atomic mass is 9.97. The molecule has 0 saturated carbocycles. The van der Waals surface area contributed by atoms with Crippen molar-refractivity contribution in [1.29, 1.82) is 0 Å². The summed E-state index contributed by atoms with van der Waals surface area (Å²) in [5.41, 5.74) is 1.93. The average molecular weight is 436 g/mol. The number of oxazole rings is 1. The summed E-state index contributed by atoms with van der Waals surface area (Å²) in [6.07, 6.45) is 2.20. The third kappa shape index (κ3) is 4.20. The Morgan fingerprint density at radius 3 is 2.66 bits per heavy atom. The largest absolute Gasteiger partial charge is 0.444 e. The highest BCUT2D eigenvalue weighted by molar-refractivity contribution is 5.60. The van der Waals surface area contributed by atoms with E-state index in [2.05, 4.69) is 30.5 Å². The summed E-state index contributed by atoms with van der Waals surface area (Å²) < 4.78 is 21.5. The number of benzene rings is 1. The van der Waals surface area contributed by atoms with Gasteiger partial charge in [0.2, 0.25) is 5.89 Å². The van der Waals surface area contributed by atoms with Crippen LogP contribution in [0.3, 0.4) is 0 Å². The first kappa shape index (κ1) is 20.6. The predicted molar refractivity (Wildman–Crippen MR) is 119 cm³/mol. The second-order valence-corrected chi connectivity index (χ2v) is 8.34. The summed E-state index contributed by atoms with van der Waals surface area (Å²) in [5.74, 6) is 3.03. The van der Waals surface area contributed by atoms with Crippen LogP contribution < -0.4 is 5.32 Å². The predicted octanol–water partition coefficient (Wildman–Crippen LogP) is 3.86. The van der Waals surface area contributed by atoms with E-state index >= 15 is 0 Å². The molecule has 0 bridgehead atoms. The number of aryl methyl sites for hydroxylation is 2. The Labute approximate surface area is 185 Å². The Balaban J connectivity index is 1.20. The van der Waals surface area contributed by atoms with E-state index in [1.807, 2.05) is 26.0 Å². The molecule has 4 aromatic rings. The van der Waals surface area contributed by atoms with Crippen molar-refractivity contribution in [2.75, 3.05) is 25.0 Å². The van der Waals surface area contributed by atoms with Gasteiger partial charge >= 0.3 is 0 Å². The molecule has 1 aliphatic heterocycles. The zero-order valence-electron chi connectivity index (χ0n) is 18.3. The van der Waals surface area contributed by atoms with E-state index in [1.54, 1.807) is 22.7 Å². The third-order valence-corrected chi connectivity index (χ3v) is 6.09. The van der Waals surface area contributed by atoms with Gasteiger partial charge in [0.15, 0.2) is 11.5 Å². The molecule has 8 nitrogen and oxygen atoms in total. The quantitative estimate of drug-likeness (QED) is 0.492. The highest BCUT2D eigenvalue weighted by Gasteiger charge is 2.21. The molecule has 0 amide bonds. The lowest BCUT2D eigenvalue weighted by Crippen LogP contribution is -2.35. The standard InChI is InChI=1S/C23H26FN7O/c1-15-16(2)32-22(26-15)14-30-11-9-17(10-12-30)13-25-20-7-8-21-27-28-23(31(21)29-20)18-5-3-4-6-19(18)24/h3-8,17H,9-14H2,1-2H3,(H,25,29). The van der Waals surface area contributed by atoms with E-state index < -0.39 is 0 Å². The Morgan fingerprint density at radius 2 is 1.91 bits per heavy atom. The number of hydrogen-bond donors (Lipinski definition) is 1. The van der Waals surface area contributed by atoms with Gasteiger partial charge in [0, 0.05) is 6.54 Å². The van der Waals surface area contributed by atoms with Crippen molar-refractivity contribution >= 4 is 11.5 Å². The maximum atomic E-state index is 14.2. The van der Waals surface area contributed by atoms with Gasteiger partial charge in [-0.3, -0.25) is 4.90 Å². The van der Waals surface area contributed by atoms with Crippen molar-refractivity contribution in [3.05, 3.63) is 59.6 Å². The van der Waals surface area contributed by atoms with E-state index in [-0.39, 0.29) is 5.82 Å². The van der Waals surface area contributed by atoms with Crippen molar-refractivity contribution in [2.24, 2.45) is 5.92 Å². The van der Waals surface area contributed by atoms with Crippen LogP contribution >= 0.6 is 0 Å². The summed E-state index contributed by atoms with van der Waals surface area (Å²) in [4.78, 5) is 6.88. The Hall–Kier alpha value is -3.33. The topological polar surface area (TPSA) is 84.4 Å². The SMILES string of the molecule is Cc1nc(CN2CCC(CNc3ccc4nnc(-c5ccccc5F)n4n3)CC2)oc1C. The molecular formula is C23H26FN7O. The number of hydrogen-bond acceptors (Lipinski definition) is 7. The van der Waals surface area contributed by atoms with Crippen LogP contribution in [0.25, 0.3) is 17.0 Å². The summed E-state index contributed by atoms with van der Waals surface area (Å²) in [6, 6.07) is 10.3. The van der Waals surface area contributed by atoms with E-state index in [0.717, 1.165) is 62.2 Å². The average Bonchev–Trinajstić information content (AvgIpc) is 3.35. The monoisotopic (exact) mass is 435 g/mol. The van der Waals surface area contributed by atoms with Crippen LogP contribution in [0.4, 0.5) is 10.2 Å². The number of aromatic nitrogens is 5. The smallest absolute Gasteiger partial charge is 0.208 e. The van der Waals surface area contributed by atoms with Crippen molar-refractivity contribution in [2.45, 2.75) is 33.2 Å². The van der Waals surface area contributed by atoms with Crippen LogP contribution in [0.2, 0.25) is 0 Å². The zero-order valence-corrected chi connectivity index (χ0v) is 18.3. The molecule has 9 heteroatoms. The molecule has 4 heterocycles. The van der Waals surface area contributed by atoms with Crippen LogP contribution in [0.5, 0.6) is 0 Å². The molecule has 3 aromatic heterocycles. The van der Waals surface area contributed by atoms with Gasteiger partial charge in [-0.05, 0) is 70.0 Å². The normalized spacial score (nSPS) is 15.5. The van der Waals surface area contributed by atoms with Crippen LogP contribution in [0.15, 0.2) is 40.8 Å². The number of fused-ring (bicyclic) bond motifs is 1. The maximum Gasteiger partial charge on any atom is 0.208 e. The molecule has 1 N–H and O–H groups in total. The molecule has 0 spiro atoms. The summed E-state index contributed by atoms with van der Waals surface area (Å²) >= 11 is 0.